The van der Waals surface area contributed by atoms with Gasteiger partial charge in [0.05, 0.1) is 17.2 Å². The van der Waals surface area contributed by atoms with Crippen LogP contribution < -0.4 is 31.8 Å². The number of halogens is 1. The highest BCUT2D eigenvalue weighted by atomic mass is 127. The number of anilines is 1. The third-order valence-electron chi connectivity index (χ3n) is 2.29. The zero-order valence-electron chi connectivity index (χ0n) is 9.67. The van der Waals surface area contributed by atoms with Crippen LogP contribution in [0.15, 0.2) is 48.5 Å². The standard InChI is InChI=1S/C13H10INO4/c16-13(17)11-8-10(15-19-18)6-7-12(11)14-9-4-2-1-3-5-9/h1-8,15H,(H-,16,17,18). The predicted molar refractivity (Wildman–Crippen MR) is 61.9 cm³/mol. The average Bonchev–Trinajstić information content (AvgIpc) is 2.42. The normalized spacial score (nSPS) is 10.2. The number of carboxylic acid groups (broad SMARTS) is 1. The molecular weight excluding hydrogens is 361 g/mol. The Morgan fingerprint density at radius 3 is 2.58 bits per heavy atom. The highest BCUT2D eigenvalue weighted by Gasteiger charge is 2.20. The van der Waals surface area contributed by atoms with Crippen molar-refractivity contribution in [3.05, 3.63) is 61.2 Å². The Hall–Kier alpha value is -1.64. The molecule has 2 aromatic rings. The molecule has 19 heavy (non-hydrogen) atoms. The summed E-state index contributed by atoms with van der Waals surface area (Å²) in [4.78, 5) is 14.9. The lowest BCUT2D eigenvalue weighted by Crippen LogP contribution is -3.61. The molecule has 0 bridgehead atoms. The molecule has 0 atom stereocenters. The third kappa shape index (κ3) is 3.66. The number of aromatic carboxylic acids is 1. The van der Waals surface area contributed by atoms with Gasteiger partial charge >= 0.3 is 21.2 Å². The Kier molecular flexibility index (Phi) is 4.72. The van der Waals surface area contributed by atoms with Crippen LogP contribution in [0.4, 0.5) is 5.69 Å². The maximum Gasteiger partial charge on any atom is 0.358 e. The molecule has 0 spiro atoms. The van der Waals surface area contributed by atoms with Gasteiger partial charge < -0.3 is 9.90 Å². The fraction of sp³-hybridized carbons (Fsp3) is 0. The van der Waals surface area contributed by atoms with Crippen LogP contribution in [-0.4, -0.2) is 11.2 Å². The van der Waals surface area contributed by atoms with Crippen LogP contribution >= 0.6 is 0 Å². The van der Waals surface area contributed by atoms with Crippen molar-refractivity contribution in [2.24, 2.45) is 0 Å². The van der Waals surface area contributed by atoms with Gasteiger partial charge in [-0.2, -0.15) is 0 Å². The van der Waals surface area contributed by atoms with E-state index in [2.05, 4.69) is 10.5 Å². The van der Waals surface area contributed by atoms with Crippen molar-refractivity contribution in [1.29, 1.82) is 0 Å². The summed E-state index contributed by atoms with van der Waals surface area (Å²) in [7, 11) is 0. The number of carbonyl (C=O) groups excluding carboxylic acids is 1. The van der Waals surface area contributed by atoms with Crippen molar-refractivity contribution in [3.8, 4) is 0 Å². The zero-order chi connectivity index (χ0) is 13.7. The second-order valence-electron chi connectivity index (χ2n) is 3.57. The van der Waals surface area contributed by atoms with Crippen molar-refractivity contribution in [1.82, 2.24) is 0 Å². The number of hydrogen-bond acceptors (Lipinski definition) is 5. The van der Waals surface area contributed by atoms with Gasteiger partial charge in [-0.15, -0.1) is 4.99 Å². The van der Waals surface area contributed by atoms with Gasteiger partial charge in [-0.25, -0.2) is 10.7 Å². The first-order valence-electron chi connectivity index (χ1n) is 5.32. The fourth-order valence-electron chi connectivity index (χ4n) is 1.48. The lowest BCUT2D eigenvalue weighted by molar-refractivity contribution is -0.598. The van der Waals surface area contributed by atoms with E-state index in [1.807, 2.05) is 30.3 Å². The highest BCUT2D eigenvalue weighted by Crippen LogP contribution is 2.09. The molecule has 5 nitrogen and oxygen atoms in total. The average molecular weight is 371 g/mol. The SMILES string of the molecule is O=C([O-])c1cc(NOO)ccc1[I+]c1ccccc1. The zero-order valence-corrected chi connectivity index (χ0v) is 11.8. The number of rotatable bonds is 5. The van der Waals surface area contributed by atoms with Gasteiger partial charge in [0, 0.05) is 0 Å². The van der Waals surface area contributed by atoms with Gasteiger partial charge in [-0.3, -0.25) is 0 Å². The van der Waals surface area contributed by atoms with Crippen molar-refractivity contribution < 1.29 is 41.4 Å². The monoisotopic (exact) mass is 371 g/mol. The van der Waals surface area contributed by atoms with Crippen LogP contribution in [0.5, 0.6) is 0 Å². The molecule has 0 amide bonds. The van der Waals surface area contributed by atoms with Gasteiger partial charge in [0.15, 0.2) is 3.57 Å². The van der Waals surface area contributed by atoms with Crippen molar-refractivity contribution in [2.75, 3.05) is 5.48 Å². The molecule has 2 N–H and O–H groups in total. The molecule has 0 unspecified atom stereocenters. The van der Waals surface area contributed by atoms with E-state index >= 15 is 0 Å². The van der Waals surface area contributed by atoms with E-state index in [1.54, 1.807) is 12.1 Å². The van der Waals surface area contributed by atoms with E-state index in [0.717, 1.165) is 7.14 Å². The van der Waals surface area contributed by atoms with E-state index < -0.39 is 27.2 Å². The predicted octanol–water partition coefficient (Wildman–Crippen LogP) is -2.00. The Morgan fingerprint density at radius 2 is 1.95 bits per heavy atom. The number of carboxylic acids is 1. The Morgan fingerprint density at radius 1 is 1.21 bits per heavy atom. The molecule has 0 radical (unpaired) electrons. The summed E-state index contributed by atoms with van der Waals surface area (Å²) in [5.41, 5.74) is 2.63. The van der Waals surface area contributed by atoms with E-state index in [1.165, 1.54) is 6.07 Å². The quantitative estimate of drug-likeness (QED) is 0.361. The summed E-state index contributed by atoms with van der Waals surface area (Å²) in [6.45, 7) is 0. The van der Waals surface area contributed by atoms with Crippen LogP contribution in [0.1, 0.15) is 10.4 Å². The molecule has 0 saturated carbocycles. The summed E-state index contributed by atoms with van der Waals surface area (Å²) < 4.78 is 1.86. The second kappa shape index (κ2) is 6.50. The number of carbonyl (C=O) groups is 1. The van der Waals surface area contributed by atoms with Crippen LogP contribution in [0, 0.1) is 7.14 Å². The Bertz CT molecular complexity index is 574. The first kappa shape index (κ1) is 13.8. The van der Waals surface area contributed by atoms with Gasteiger partial charge in [-0.05, 0) is 30.3 Å². The molecule has 0 saturated heterocycles. The van der Waals surface area contributed by atoms with Gasteiger partial charge in [0.2, 0.25) is 3.57 Å². The number of hydrogen-bond donors (Lipinski definition) is 2. The molecule has 0 fully saturated rings. The molecule has 0 aliphatic carbocycles. The maximum atomic E-state index is 11.1. The molecule has 0 heterocycles. The smallest absolute Gasteiger partial charge is 0.358 e. The maximum absolute atomic E-state index is 11.1. The molecule has 0 aromatic heterocycles. The van der Waals surface area contributed by atoms with Gasteiger partial charge in [0.25, 0.3) is 0 Å². The Balaban J connectivity index is 2.32. The van der Waals surface area contributed by atoms with Crippen LogP contribution in [0.3, 0.4) is 0 Å². The highest BCUT2D eigenvalue weighted by molar-refractivity contribution is 5.86. The first-order valence-corrected chi connectivity index (χ1v) is 7.48. The fourth-order valence-corrected chi connectivity index (χ4v) is 3.95. The largest absolute Gasteiger partial charge is 0.545 e. The first-order chi connectivity index (χ1) is 9.20. The lowest BCUT2D eigenvalue weighted by Gasteiger charge is -2.06. The van der Waals surface area contributed by atoms with Gasteiger partial charge in [-0.1, -0.05) is 18.2 Å². The van der Waals surface area contributed by atoms with Crippen molar-refractivity contribution in [2.45, 2.75) is 0 Å². The van der Waals surface area contributed by atoms with Crippen LogP contribution in [0.25, 0.3) is 0 Å². The van der Waals surface area contributed by atoms with Crippen LogP contribution in [-0.2, 0) is 4.99 Å². The van der Waals surface area contributed by atoms with Crippen LogP contribution in [0.2, 0.25) is 0 Å². The molecule has 98 valence electrons. The second-order valence-corrected chi connectivity index (χ2v) is 6.51. The summed E-state index contributed by atoms with van der Waals surface area (Å²) in [6.07, 6.45) is 0. The molecule has 0 aliphatic heterocycles. The minimum Gasteiger partial charge on any atom is -0.545 e. The minimum absolute atomic E-state index is 0.110. The van der Waals surface area contributed by atoms with Crippen molar-refractivity contribution in [3.63, 3.8) is 0 Å². The summed E-state index contributed by atoms with van der Waals surface area (Å²) in [5, 5.41) is 19.4. The van der Waals surface area contributed by atoms with E-state index in [0.29, 0.717) is 5.69 Å². The van der Waals surface area contributed by atoms with E-state index in [9.17, 15) is 9.90 Å². The molecular formula is C13H10INO4. The Labute approximate surface area is 120 Å². The third-order valence-corrected chi connectivity index (χ3v) is 5.16. The van der Waals surface area contributed by atoms with E-state index in [4.69, 9.17) is 5.26 Å². The summed E-state index contributed by atoms with van der Waals surface area (Å²) in [6, 6.07) is 14.4. The number of benzene rings is 2. The molecule has 0 aliphatic rings. The van der Waals surface area contributed by atoms with Crippen molar-refractivity contribution >= 4 is 11.7 Å². The number of nitrogens with one attached hydrogen (secondary N) is 1. The molecule has 6 heteroatoms. The topological polar surface area (TPSA) is 81.6 Å². The summed E-state index contributed by atoms with van der Waals surface area (Å²) in [5.74, 6) is -1.24. The van der Waals surface area contributed by atoms with E-state index in [-0.39, 0.29) is 5.56 Å². The molecule has 2 aromatic carbocycles. The summed E-state index contributed by atoms with van der Waals surface area (Å²) >= 11 is -0.601. The van der Waals surface area contributed by atoms with Gasteiger partial charge in [0.1, 0.15) is 0 Å². The molecule has 2 rings (SSSR count). The lowest BCUT2D eigenvalue weighted by atomic mass is 10.2. The minimum atomic E-state index is -1.24.